The molecule has 0 aromatic heterocycles. The summed E-state index contributed by atoms with van der Waals surface area (Å²) >= 11 is 6.02. The number of halogens is 1. The summed E-state index contributed by atoms with van der Waals surface area (Å²) in [7, 11) is 0. The molecule has 3 rings (SSSR count). The second-order valence-corrected chi connectivity index (χ2v) is 7.53. The minimum Gasteiger partial charge on any atom is -0.872 e. The van der Waals surface area contributed by atoms with Gasteiger partial charge in [0.05, 0.1) is 32.2 Å². The van der Waals surface area contributed by atoms with Crippen molar-refractivity contribution in [3.05, 3.63) is 76.3 Å². The molecule has 0 bridgehead atoms. The number of carbonyl (C=O) groups is 2. The van der Waals surface area contributed by atoms with Crippen molar-refractivity contribution in [3.8, 4) is 0 Å². The molecule has 2 aromatic rings. The lowest BCUT2D eigenvalue weighted by Crippen LogP contribution is -3.12. The van der Waals surface area contributed by atoms with Crippen molar-refractivity contribution in [3.63, 3.8) is 0 Å². The number of benzene rings is 2. The van der Waals surface area contributed by atoms with Gasteiger partial charge < -0.3 is 14.9 Å². The van der Waals surface area contributed by atoms with Gasteiger partial charge in [0.25, 0.3) is 5.91 Å². The lowest BCUT2D eigenvalue weighted by Gasteiger charge is -2.28. The van der Waals surface area contributed by atoms with Gasteiger partial charge in [-0.15, -0.1) is 0 Å². The third-order valence-corrected chi connectivity index (χ3v) is 5.71. The molecule has 5 nitrogen and oxygen atoms in total. The fraction of sp³-hybridized carbons (Fsp3) is 0.304. The van der Waals surface area contributed by atoms with Crippen molar-refractivity contribution >= 4 is 29.1 Å². The molecule has 6 heteroatoms. The third-order valence-electron chi connectivity index (χ3n) is 5.46. The molecule has 0 spiro atoms. The van der Waals surface area contributed by atoms with Crippen molar-refractivity contribution in [2.45, 2.75) is 19.9 Å². The van der Waals surface area contributed by atoms with E-state index in [0.717, 1.165) is 13.1 Å². The average Bonchev–Trinajstić information content (AvgIpc) is 3.00. The molecule has 0 radical (unpaired) electrons. The summed E-state index contributed by atoms with van der Waals surface area (Å²) in [6.07, 6.45) is 0. The summed E-state index contributed by atoms with van der Waals surface area (Å²) in [5, 5.41) is 13.7. The largest absolute Gasteiger partial charge is 0.872 e. The summed E-state index contributed by atoms with van der Waals surface area (Å²) in [5.41, 5.74) is 1.12. The molecule has 1 unspecified atom stereocenters. The van der Waals surface area contributed by atoms with E-state index in [-0.39, 0.29) is 5.57 Å². The number of hydrogen-bond acceptors (Lipinski definition) is 3. The summed E-state index contributed by atoms with van der Waals surface area (Å²) in [6.45, 7) is 7.14. The normalized spacial score (nSPS) is 18.6. The van der Waals surface area contributed by atoms with E-state index in [1.807, 2.05) is 0 Å². The van der Waals surface area contributed by atoms with Gasteiger partial charge in [-0.05, 0) is 37.1 Å². The van der Waals surface area contributed by atoms with E-state index in [2.05, 4.69) is 13.8 Å². The van der Waals surface area contributed by atoms with Crippen molar-refractivity contribution in [2.24, 2.45) is 0 Å². The zero-order valence-electron chi connectivity index (χ0n) is 16.7. The van der Waals surface area contributed by atoms with Crippen LogP contribution in [-0.4, -0.2) is 42.8 Å². The van der Waals surface area contributed by atoms with Gasteiger partial charge >= 0.3 is 0 Å². The van der Waals surface area contributed by atoms with Crippen molar-refractivity contribution < 1.29 is 19.6 Å². The van der Waals surface area contributed by atoms with Gasteiger partial charge in [-0.3, -0.25) is 9.59 Å². The number of likely N-dealkylation sites (tertiary alicyclic amines) is 1. The lowest BCUT2D eigenvalue weighted by molar-refractivity contribution is -0.895. The number of nitrogens with one attached hydrogen (secondary N) is 1. The van der Waals surface area contributed by atoms with Crippen LogP contribution in [0.15, 0.2) is 60.2 Å². The quantitative estimate of drug-likeness (QED) is 0.425. The van der Waals surface area contributed by atoms with E-state index in [1.165, 1.54) is 9.80 Å². The molecule has 1 heterocycles. The van der Waals surface area contributed by atoms with Gasteiger partial charge in [0.2, 0.25) is 5.78 Å². The van der Waals surface area contributed by atoms with Crippen molar-refractivity contribution in [1.29, 1.82) is 0 Å². The Morgan fingerprint density at radius 2 is 1.66 bits per heavy atom. The first kappa shape index (κ1) is 21.1. The highest BCUT2D eigenvalue weighted by Gasteiger charge is 2.44. The third kappa shape index (κ3) is 4.36. The van der Waals surface area contributed by atoms with Gasteiger partial charge in [-0.1, -0.05) is 59.8 Å². The zero-order valence-corrected chi connectivity index (χ0v) is 17.4. The number of amides is 1. The maximum absolute atomic E-state index is 13.2. The summed E-state index contributed by atoms with van der Waals surface area (Å²) in [5.74, 6) is -1.73. The fourth-order valence-electron chi connectivity index (χ4n) is 3.72. The molecule has 2 aromatic carbocycles. The maximum atomic E-state index is 13.2. The SMILES string of the molecule is CC[NH+](CC)CCN1C(=O)C(=O)C(=C([O-])c2ccccc2)C1c1ccc(Cl)cc1. The zero-order chi connectivity index (χ0) is 21.0. The Morgan fingerprint density at radius 3 is 2.24 bits per heavy atom. The first-order chi connectivity index (χ1) is 14.0. The number of rotatable bonds is 7. The molecule has 152 valence electrons. The highest BCUT2D eigenvalue weighted by molar-refractivity contribution is 6.46. The van der Waals surface area contributed by atoms with Crippen LogP contribution in [-0.2, 0) is 9.59 Å². The van der Waals surface area contributed by atoms with Crippen LogP contribution in [0.1, 0.15) is 31.0 Å². The van der Waals surface area contributed by atoms with Gasteiger partial charge in [-0.2, -0.15) is 0 Å². The van der Waals surface area contributed by atoms with Crippen LogP contribution in [0.5, 0.6) is 0 Å². The molecule has 29 heavy (non-hydrogen) atoms. The number of Topliss-reactive ketones (excluding diaryl/α,β-unsaturated/α-hetero) is 1. The molecule has 1 saturated heterocycles. The van der Waals surface area contributed by atoms with Crippen LogP contribution in [0, 0.1) is 0 Å². The van der Waals surface area contributed by atoms with Crippen LogP contribution in [0.2, 0.25) is 5.02 Å². The monoisotopic (exact) mass is 412 g/mol. The van der Waals surface area contributed by atoms with Crippen LogP contribution in [0.3, 0.4) is 0 Å². The minimum absolute atomic E-state index is 0.0121. The predicted molar refractivity (Wildman–Crippen MR) is 111 cm³/mol. The van der Waals surface area contributed by atoms with Crippen LogP contribution in [0.25, 0.3) is 5.76 Å². The Bertz CT molecular complexity index is 905. The van der Waals surface area contributed by atoms with E-state index < -0.39 is 23.5 Å². The topological polar surface area (TPSA) is 64.9 Å². The minimum atomic E-state index is -0.714. The molecule has 1 aliphatic rings. The first-order valence-electron chi connectivity index (χ1n) is 9.88. The fourth-order valence-corrected chi connectivity index (χ4v) is 3.85. The summed E-state index contributed by atoms with van der Waals surface area (Å²) < 4.78 is 0. The molecular formula is C23H25ClN2O3. The molecule has 1 atom stereocenters. The number of ketones is 1. The van der Waals surface area contributed by atoms with Crippen LogP contribution >= 0.6 is 11.6 Å². The molecular weight excluding hydrogens is 388 g/mol. The Kier molecular flexibility index (Phi) is 6.72. The number of quaternary nitrogens is 1. The predicted octanol–water partition coefficient (Wildman–Crippen LogP) is 1.49. The second-order valence-electron chi connectivity index (χ2n) is 7.10. The van der Waals surface area contributed by atoms with Crippen molar-refractivity contribution in [2.75, 3.05) is 26.2 Å². The summed E-state index contributed by atoms with van der Waals surface area (Å²) in [6, 6.07) is 14.9. The van der Waals surface area contributed by atoms with Gasteiger partial charge in [-0.25, -0.2) is 0 Å². The molecule has 1 amide bonds. The first-order valence-corrected chi connectivity index (χ1v) is 10.3. The molecule has 0 aliphatic carbocycles. The van der Waals surface area contributed by atoms with Gasteiger partial charge in [0, 0.05) is 10.6 Å². The Morgan fingerprint density at radius 1 is 1.03 bits per heavy atom. The Balaban J connectivity index is 2.07. The standard InChI is InChI=1S/C23H25ClN2O3/c1-3-25(4-2)14-15-26-20(16-10-12-18(24)13-11-16)19(22(28)23(26)29)21(27)17-8-6-5-7-9-17/h5-13,20,27H,3-4,14-15H2,1-2H3. The smallest absolute Gasteiger partial charge is 0.295 e. The highest BCUT2D eigenvalue weighted by atomic mass is 35.5. The molecule has 1 aliphatic heterocycles. The number of nitrogens with zero attached hydrogens (tertiary/aromatic N) is 1. The van der Waals surface area contributed by atoms with E-state index in [9.17, 15) is 14.7 Å². The van der Waals surface area contributed by atoms with Gasteiger partial charge in [0.15, 0.2) is 0 Å². The van der Waals surface area contributed by atoms with Crippen molar-refractivity contribution in [1.82, 2.24) is 4.90 Å². The molecule has 0 saturated carbocycles. The average molecular weight is 413 g/mol. The van der Waals surface area contributed by atoms with Crippen LogP contribution in [0.4, 0.5) is 0 Å². The van der Waals surface area contributed by atoms with E-state index >= 15 is 0 Å². The van der Waals surface area contributed by atoms with E-state index in [4.69, 9.17) is 11.6 Å². The lowest BCUT2D eigenvalue weighted by atomic mass is 9.95. The summed E-state index contributed by atoms with van der Waals surface area (Å²) in [4.78, 5) is 28.6. The molecule has 1 fully saturated rings. The van der Waals surface area contributed by atoms with E-state index in [0.29, 0.717) is 29.2 Å². The molecule has 1 N–H and O–H groups in total. The number of hydrogen-bond donors (Lipinski definition) is 1. The Hall–Kier alpha value is -2.63. The highest BCUT2D eigenvalue weighted by Crippen LogP contribution is 2.38. The maximum Gasteiger partial charge on any atom is 0.295 e. The number of likely N-dealkylation sites (N-methyl/N-ethyl adjacent to an activating group) is 1. The Labute approximate surface area is 176 Å². The van der Waals surface area contributed by atoms with Gasteiger partial charge in [0.1, 0.15) is 0 Å². The van der Waals surface area contributed by atoms with Crippen LogP contribution < -0.4 is 10.0 Å². The second kappa shape index (κ2) is 9.25. The van der Waals surface area contributed by atoms with E-state index in [1.54, 1.807) is 54.6 Å². The number of carbonyl (C=O) groups excluding carboxylic acids is 2.